The number of phosphoric acid groups is 1. The van der Waals surface area contributed by atoms with Gasteiger partial charge in [0.15, 0.2) is 6.10 Å². The SMILES string of the molecule is CCCCC/C=C\C/C=C\C/C=C\C/C=C\CCCCCC(=O)O[C@H](COC(=O)CCCC/C=C\C/C=C\C/C=C\CCCCC)COP(=O)(O)OC[C@@H](O)CO. The van der Waals surface area contributed by atoms with Gasteiger partial charge < -0.3 is 24.6 Å². The van der Waals surface area contributed by atoms with Crippen LogP contribution in [0.3, 0.4) is 0 Å². The predicted molar refractivity (Wildman–Crippen MR) is 233 cm³/mol. The molecule has 0 aromatic rings. The fraction of sp³-hybridized carbons (Fsp3) is 0.652. The fourth-order valence-corrected chi connectivity index (χ4v) is 5.95. The largest absolute Gasteiger partial charge is 0.472 e. The number of hydrogen-bond acceptors (Lipinski definition) is 9. The van der Waals surface area contributed by atoms with Crippen LogP contribution < -0.4 is 0 Å². The molecule has 3 N–H and O–H groups in total. The Kier molecular flexibility index (Phi) is 39.2. The van der Waals surface area contributed by atoms with Crippen molar-refractivity contribution >= 4 is 19.8 Å². The molecule has 0 saturated carbocycles. The van der Waals surface area contributed by atoms with Crippen molar-refractivity contribution in [2.45, 2.75) is 167 Å². The predicted octanol–water partition coefficient (Wildman–Crippen LogP) is 11.4. The van der Waals surface area contributed by atoms with Crippen molar-refractivity contribution in [3.05, 3.63) is 85.1 Å². The highest BCUT2D eigenvalue weighted by atomic mass is 31.2. The van der Waals surface area contributed by atoms with Crippen molar-refractivity contribution in [1.29, 1.82) is 0 Å². The first-order valence-corrected chi connectivity index (χ1v) is 23.0. The van der Waals surface area contributed by atoms with Gasteiger partial charge in [-0.25, -0.2) is 4.57 Å². The maximum atomic E-state index is 12.6. The van der Waals surface area contributed by atoms with Gasteiger partial charge >= 0.3 is 19.8 Å². The van der Waals surface area contributed by atoms with Crippen LogP contribution in [0.25, 0.3) is 0 Å². The van der Waals surface area contributed by atoms with Crippen molar-refractivity contribution in [1.82, 2.24) is 0 Å². The third kappa shape index (κ3) is 41.1. The normalized spacial score (nSPS) is 14.7. The zero-order valence-corrected chi connectivity index (χ0v) is 36.2. The number of rotatable bonds is 39. The maximum absolute atomic E-state index is 12.6. The maximum Gasteiger partial charge on any atom is 0.472 e. The molecule has 0 aliphatic carbocycles. The highest BCUT2D eigenvalue weighted by molar-refractivity contribution is 7.47. The summed E-state index contributed by atoms with van der Waals surface area (Å²) in [5.41, 5.74) is 0. The van der Waals surface area contributed by atoms with Gasteiger partial charge in [-0.3, -0.25) is 18.6 Å². The first-order chi connectivity index (χ1) is 27.7. The lowest BCUT2D eigenvalue weighted by Gasteiger charge is -2.20. The average molecular weight is 821 g/mol. The molecule has 0 amide bonds. The third-order valence-corrected chi connectivity index (χ3v) is 9.47. The Balaban J connectivity index is 4.45. The molecule has 1 unspecified atom stereocenters. The number of ether oxygens (including phenoxy) is 2. The van der Waals surface area contributed by atoms with Crippen molar-refractivity contribution in [3.63, 3.8) is 0 Å². The minimum absolute atomic E-state index is 0.133. The zero-order chi connectivity index (χ0) is 41.9. The van der Waals surface area contributed by atoms with Crippen LogP contribution in [-0.4, -0.2) is 65.7 Å². The van der Waals surface area contributed by atoms with Crippen LogP contribution in [0.4, 0.5) is 0 Å². The summed E-state index contributed by atoms with van der Waals surface area (Å²) >= 11 is 0. The van der Waals surface area contributed by atoms with Gasteiger partial charge in [0, 0.05) is 12.8 Å². The van der Waals surface area contributed by atoms with Crippen LogP contribution in [0.1, 0.15) is 155 Å². The van der Waals surface area contributed by atoms with Crippen LogP contribution in [0, 0.1) is 0 Å². The number of aliphatic hydroxyl groups excluding tert-OH is 2. The second-order valence-corrected chi connectivity index (χ2v) is 15.5. The smallest absolute Gasteiger partial charge is 0.462 e. The van der Waals surface area contributed by atoms with Gasteiger partial charge in [-0.05, 0) is 96.3 Å². The standard InChI is InChI=1S/C46H77O10P/c1-3-5-7-9-11-13-15-17-19-20-21-22-24-26-28-30-32-34-36-38-46(50)56-44(42-55-57(51,52)54-40-43(48)39-47)41-53-45(49)37-35-33-31-29-27-25-23-18-16-14-12-10-8-6-4-2/h11-14,17-19,21-23,26-29,43-44,47-48H,3-10,15-16,20,24-25,30-42H2,1-2H3,(H,51,52)/b13-11-,14-12-,19-17-,22-21-,23-18-,28-26-,29-27-/t43-,44+/m0/s1. The Morgan fingerprint density at radius 3 is 1.37 bits per heavy atom. The van der Waals surface area contributed by atoms with Crippen LogP contribution >= 0.6 is 7.82 Å². The molecule has 0 saturated heterocycles. The van der Waals surface area contributed by atoms with E-state index in [0.717, 1.165) is 70.6 Å². The van der Waals surface area contributed by atoms with E-state index in [2.05, 4.69) is 103 Å². The molecule has 0 aliphatic heterocycles. The number of hydrogen-bond donors (Lipinski definition) is 3. The van der Waals surface area contributed by atoms with Gasteiger partial charge in [0.25, 0.3) is 0 Å². The lowest BCUT2D eigenvalue weighted by Crippen LogP contribution is -2.29. The monoisotopic (exact) mass is 821 g/mol. The Bertz CT molecular complexity index is 1220. The summed E-state index contributed by atoms with van der Waals surface area (Å²) in [6.45, 7) is 2.22. The first kappa shape index (κ1) is 54.2. The van der Waals surface area contributed by atoms with Crippen LogP contribution in [0.2, 0.25) is 0 Å². The van der Waals surface area contributed by atoms with E-state index in [9.17, 15) is 24.2 Å². The molecule has 0 aromatic heterocycles. The molecule has 0 heterocycles. The van der Waals surface area contributed by atoms with E-state index in [1.165, 1.54) is 44.9 Å². The Labute approximate surface area is 345 Å². The van der Waals surface area contributed by atoms with E-state index in [0.29, 0.717) is 12.8 Å². The molecule has 3 atom stereocenters. The second-order valence-electron chi connectivity index (χ2n) is 14.0. The zero-order valence-electron chi connectivity index (χ0n) is 35.3. The van der Waals surface area contributed by atoms with Crippen LogP contribution in [0.5, 0.6) is 0 Å². The number of phosphoric ester groups is 1. The van der Waals surface area contributed by atoms with E-state index >= 15 is 0 Å². The fourth-order valence-electron chi connectivity index (χ4n) is 5.16. The molecule has 326 valence electrons. The second kappa shape index (κ2) is 41.3. The van der Waals surface area contributed by atoms with Crippen LogP contribution in [0.15, 0.2) is 85.1 Å². The minimum atomic E-state index is -4.64. The number of carbonyl (C=O) groups is 2. The van der Waals surface area contributed by atoms with Gasteiger partial charge in [0.1, 0.15) is 12.7 Å². The molecule has 0 radical (unpaired) electrons. The Morgan fingerprint density at radius 2 is 0.912 bits per heavy atom. The first-order valence-electron chi connectivity index (χ1n) is 21.5. The van der Waals surface area contributed by atoms with E-state index in [1.807, 2.05) is 0 Å². The van der Waals surface area contributed by atoms with Crippen LogP contribution in [-0.2, 0) is 32.7 Å². The minimum Gasteiger partial charge on any atom is -0.462 e. The number of esters is 2. The Morgan fingerprint density at radius 1 is 0.526 bits per heavy atom. The van der Waals surface area contributed by atoms with Gasteiger partial charge in [0.2, 0.25) is 0 Å². The van der Waals surface area contributed by atoms with E-state index in [4.69, 9.17) is 19.1 Å². The van der Waals surface area contributed by atoms with Gasteiger partial charge in [-0.2, -0.15) is 0 Å². The summed E-state index contributed by atoms with van der Waals surface area (Å²) in [5, 5.41) is 18.3. The van der Waals surface area contributed by atoms with Gasteiger partial charge in [-0.15, -0.1) is 0 Å². The molecule has 0 spiro atoms. The molecule has 0 aromatic carbocycles. The summed E-state index contributed by atoms with van der Waals surface area (Å²) in [6.07, 6.45) is 48.3. The highest BCUT2D eigenvalue weighted by Crippen LogP contribution is 2.43. The average Bonchev–Trinajstić information content (AvgIpc) is 3.20. The number of carbonyl (C=O) groups excluding carboxylic acids is 2. The molecular formula is C46H77O10P. The lowest BCUT2D eigenvalue weighted by atomic mass is 10.1. The number of aliphatic hydroxyl groups is 2. The molecule has 57 heavy (non-hydrogen) atoms. The molecule has 0 fully saturated rings. The molecular weight excluding hydrogens is 743 g/mol. The molecule has 11 heteroatoms. The topological polar surface area (TPSA) is 149 Å². The summed E-state index contributed by atoms with van der Waals surface area (Å²) in [4.78, 5) is 35.0. The van der Waals surface area contributed by atoms with E-state index in [1.54, 1.807) is 0 Å². The molecule has 0 rings (SSSR count). The summed E-state index contributed by atoms with van der Waals surface area (Å²) < 4.78 is 32.6. The van der Waals surface area contributed by atoms with E-state index in [-0.39, 0.29) is 19.4 Å². The lowest BCUT2D eigenvalue weighted by molar-refractivity contribution is -0.161. The number of unbranched alkanes of at least 4 members (excludes halogenated alkanes) is 11. The molecule has 10 nitrogen and oxygen atoms in total. The van der Waals surface area contributed by atoms with Crippen molar-refractivity contribution < 1.29 is 47.8 Å². The number of allylic oxidation sites excluding steroid dienone is 14. The van der Waals surface area contributed by atoms with E-state index < -0.39 is 51.8 Å². The highest BCUT2D eigenvalue weighted by Gasteiger charge is 2.27. The summed E-state index contributed by atoms with van der Waals surface area (Å²) in [6, 6.07) is 0. The van der Waals surface area contributed by atoms with Crippen molar-refractivity contribution in [2.75, 3.05) is 26.4 Å². The molecule has 0 aliphatic rings. The Hall–Kier alpha value is -2.85. The quantitative estimate of drug-likeness (QED) is 0.0237. The van der Waals surface area contributed by atoms with Crippen molar-refractivity contribution in [3.8, 4) is 0 Å². The molecule has 0 bridgehead atoms. The summed E-state index contributed by atoms with van der Waals surface area (Å²) in [7, 11) is -4.64. The third-order valence-electron chi connectivity index (χ3n) is 8.52. The van der Waals surface area contributed by atoms with Gasteiger partial charge in [0.05, 0.1) is 19.8 Å². The summed E-state index contributed by atoms with van der Waals surface area (Å²) in [5.74, 6) is -1.01. The van der Waals surface area contributed by atoms with Gasteiger partial charge in [-0.1, -0.05) is 131 Å². The van der Waals surface area contributed by atoms with Crippen molar-refractivity contribution in [2.24, 2.45) is 0 Å².